The molecule has 0 amide bonds. The van der Waals surface area contributed by atoms with Gasteiger partial charge in [-0.3, -0.25) is 4.90 Å². The molecule has 5 rings (SSSR count). The topological polar surface area (TPSA) is 48.6 Å². The second-order valence-corrected chi connectivity index (χ2v) is 10.6. The maximum absolute atomic E-state index is 4.75. The number of nitrogens with zero attached hydrogens (tertiary/aromatic N) is 4. The molecule has 7 heteroatoms. The average molecular weight is 474 g/mol. The summed E-state index contributed by atoms with van der Waals surface area (Å²) in [7, 11) is 0. The fourth-order valence-corrected chi connectivity index (χ4v) is 6.53. The fraction of sp³-hybridized carbons (Fsp3) is 0.680. The highest BCUT2D eigenvalue weighted by Crippen LogP contribution is 2.32. The van der Waals surface area contributed by atoms with E-state index in [4.69, 9.17) is 4.37 Å². The van der Waals surface area contributed by atoms with Gasteiger partial charge >= 0.3 is 0 Å². The van der Waals surface area contributed by atoms with Crippen LogP contribution in [-0.4, -0.2) is 71.5 Å². The first-order chi connectivity index (χ1) is 15.8. The van der Waals surface area contributed by atoms with Crippen LogP contribution in [0.15, 0.2) is 24.3 Å². The van der Waals surface area contributed by atoms with Crippen LogP contribution in [0.5, 0.6) is 0 Å². The molecule has 1 aromatic heterocycles. The lowest BCUT2D eigenvalue weighted by atomic mass is 9.83. The quantitative estimate of drug-likeness (QED) is 0.632. The first-order valence-corrected chi connectivity index (χ1v) is 13.7. The number of anilines is 1. The van der Waals surface area contributed by atoms with Crippen molar-refractivity contribution in [3.05, 3.63) is 24.3 Å². The Labute approximate surface area is 203 Å². The molecule has 2 N–H and O–H groups in total. The smallest absolute Gasteiger partial charge is 0.150 e. The minimum Gasteiger partial charge on any atom is -0.396 e. The minimum atomic E-state index is 0.906. The molecule has 2 aromatic rings. The Hall–Kier alpha value is -1.28. The van der Waals surface area contributed by atoms with Crippen molar-refractivity contribution in [1.82, 2.24) is 14.2 Å². The molecular weight excluding hydrogens is 434 g/mol. The first-order valence-electron chi connectivity index (χ1n) is 12.5. The molecule has 0 radical (unpaired) electrons. The van der Waals surface area contributed by atoms with E-state index >= 15 is 0 Å². The minimum absolute atomic E-state index is 0.906. The number of nitrogens with two attached hydrogens (primary N) is 1. The van der Waals surface area contributed by atoms with E-state index in [2.05, 4.69) is 56.9 Å². The van der Waals surface area contributed by atoms with E-state index in [9.17, 15) is 0 Å². The second-order valence-electron chi connectivity index (χ2n) is 9.53. The number of piperazine rings is 1. The third-order valence-electron chi connectivity index (χ3n) is 7.61. The fourth-order valence-electron chi connectivity index (χ4n) is 5.73. The molecule has 3 fully saturated rings. The molecule has 3 heterocycles. The van der Waals surface area contributed by atoms with Crippen molar-refractivity contribution in [3.63, 3.8) is 0 Å². The van der Waals surface area contributed by atoms with Gasteiger partial charge in [-0.2, -0.15) is 4.37 Å². The third kappa shape index (κ3) is 6.19. The lowest BCUT2D eigenvalue weighted by Crippen LogP contribution is -2.47. The van der Waals surface area contributed by atoms with Crippen molar-refractivity contribution in [2.45, 2.75) is 57.4 Å². The zero-order valence-corrected chi connectivity index (χ0v) is 21.0. The van der Waals surface area contributed by atoms with Crippen molar-refractivity contribution in [2.75, 3.05) is 50.7 Å². The number of aromatic nitrogens is 1. The predicted octanol–water partition coefficient (Wildman–Crippen LogP) is 4.76. The van der Waals surface area contributed by atoms with Gasteiger partial charge in [0.05, 0.1) is 10.2 Å². The number of hydrogen-bond acceptors (Lipinski definition) is 6. The van der Waals surface area contributed by atoms with Crippen LogP contribution in [-0.2, 0) is 0 Å². The van der Waals surface area contributed by atoms with Crippen LogP contribution in [0.25, 0.3) is 10.1 Å². The summed E-state index contributed by atoms with van der Waals surface area (Å²) in [6.45, 7) is 8.65. The van der Waals surface area contributed by atoms with Gasteiger partial charge in [0.1, 0.15) is 5.82 Å². The monoisotopic (exact) mass is 473 g/mol. The molecule has 2 saturated heterocycles. The van der Waals surface area contributed by atoms with E-state index in [-0.39, 0.29) is 0 Å². The van der Waals surface area contributed by atoms with Crippen LogP contribution in [0, 0.1) is 5.92 Å². The SMILES string of the molecule is NC=S.c1ccc2c(N3CCN(CCC4CCC(N5CCCCC5)CC4)CC3)nsc2c1. The number of hydrogen-bond donors (Lipinski definition) is 1. The molecule has 176 valence electrons. The number of likely N-dealkylation sites (tertiary alicyclic amines) is 1. The summed E-state index contributed by atoms with van der Waals surface area (Å²) in [5.41, 5.74) is 5.62. The molecule has 0 bridgehead atoms. The van der Waals surface area contributed by atoms with Gasteiger partial charge in [0.15, 0.2) is 0 Å². The molecule has 2 aliphatic heterocycles. The number of piperidine rings is 1. The largest absolute Gasteiger partial charge is 0.396 e. The summed E-state index contributed by atoms with van der Waals surface area (Å²) in [6.07, 6.45) is 11.6. The number of thiocarbonyl (C=S) groups is 1. The molecule has 5 nitrogen and oxygen atoms in total. The third-order valence-corrected chi connectivity index (χ3v) is 8.42. The van der Waals surface area contributed by atoms with Crippen molar-refractivity contribution in [1.29, 1.82) is 0 Å². The summed E-state index contributed by atoms with van der Waals surface area (Å²) in [4.78, 5) is 8.00. The lowest BCUT2D eigenvalue weighted by molar-refractivity contribution is 0.109. The van der Waals surface area contributed by atoms with Gasteiger partial charge < -0.3 is 15.5 Å². The van der Waals surface area contributed by atoms with Crippen LogP contribution in [0.1, 0.15) is 51.4 Å². The Morgan fingerprint density at radius 3 is 2.38 bits per heavy atom. The van der Waals surface area contributed by atoms with Crippen molar-refractivity contribution in [2.24, 2.45) is 11.7 Å². The maximum atomic E-state index is 4.75. The van der Waals surface area contributed by atoms with Crippen LogP contribution in [0.2, 0.25) is 0 Å². The van der Waals surface area contributed by atoms with E-state index < -0.39 is 0 Å². The molecule has 1 saturated carbocycles. The van der Waals surface area contributed by atoms with E-state index in [1.54, 1.807) is 11.5 Å². The number of fused-ring (bicyclic) bond motifs is 1. The Bertz CT molecular complexity index is 819. The van der Waals surface area contributed by atoms with E-state index in [1.165, 1.54) is 100.0 Å². The molecule has 0 atom stereocenters. The van der Waals surface area contributed by atoms with Gasteiger partial charge in [0, 0.05) is 37.6 Å². The van der Waals surface area contributed by atoms with E-state index in [0.29, 0.717) is 0 Å². The standard InChI is InChI=1S/C24H36N4S.CH3NS/c1-4-13-27(14-5-1)21-10-8-20(9-11-21)12-15-26-16-18-28(19-17-26)24-22-6-2-3-7-23(22)29-25-24;2-1-3/h2-3,6-7,20-21H,1,4-5,8-19H2;1H,(H2,2,3). The molecule has 1 aromatic carbocycles. The highest BCUT2D eigenvalue weighted by atomic mass is 32.1. The van der Waals surface area contributed by atoms with Crippen LogP contribution >= 0.6 is 23.8 Å². The highest BCUT2D eigenvalue weighted by Gasteiger charge is 2.27. The Balaban J connectivity index is 0.000000775. The van der Waals surface area contributed by atoms with Crippen molar-refractivity contribution < 1.29 is 0 Å². The zero-order valence-electron chi connectivity index (χ0n) is 19.3. The molecule has 0 spiro atoms. The molecule has 1 aliphatic carbocycles. The zero-order chi connectivity index (χ0) is 22.2. The average Bonchev–Trinajstić information content (AvgIpc) is 3.29. The summed E-state index contributed by atoms with van der Waals surface area (Å²) in [6, 6.07) is 9.56. The number of benzene rings is 1. The number of rotatable bonds is 5. The Morgan fingerprint density at radius 2 is 1.66 bits per heavy atom. The summed E-state index contributed by atoms with van der Waals surface area (Å²) >= 11 is 5.69. The summed E-state index contributed by atoms with van der Waals surface area (Å²) in [5, 5.41) is 1.33. The summed E-state index contributed by atoms with van der Waals surface area (Å²) < 4.78 is 6.06. The second kappa shape index (κ2) is 12.3. The van der Waals surface area contributed by atoms with Crippen molar-refractivity contribution >= 4 is 45.1 Å². The van der Waals surface area contributed by atoms with Gasteiger partial charge in [-0.05, 0) is 94.2 Å². The van der Waals surface area contributed by atoms with Gasteiger partial charge in [-0.15, -0.1) is 0 Å². The summed E-state index contributed by atoms with van der Waals surface area (Å²) in [5.74, 6) is 2.18. The first kappa shape index (κ1) is 23.9. The van der Waals surface area contributed by atoms with Crippen LogP contribution in [0.3, 0.4) is 0 Å². The van der Waals surface area contributed by atoms with Crippen LogP contribution < -0.4 is 10.6 Å². The van der Waals surface area contributed by atoms with E-state index in [1.807, 2.05) is 0 Å². The lowest BCUT2D eigenvalue weighted by Gasteiger charge is -2.40. The molecule has 32 heavy (non-hydrogen) atoms. The van der Waals surface area contributed by atoms with E-state index in [0.717, 1.165) is 30.5 Å². The van der Waals surface area contributed by atoms with Gasteiger partial charge in [0.2, 0.25) is 0 Å². The maximum Gasteiger partial charge on any atom is 0.150 e. The van der Waals surface area contributed by atoms with Gasteiger partial charge in [0.25, 0.3) is 0 Å². The molecule has 3 aliphatic rings. The van der Waals surface area contributed by atoms with Gasteiger partial charge in [-0.1, -0.05) is 30.8 Å². The molecule has 0 unspecified atom stereocenters. The Kier molecular flexibility index (Phi) is 9.14. The molecular formula is C25H39N5S2. The van der Waals surface area contributed by atoms with Crippen LogP contribution in [0.4, 0.5) is 5.82 Å². The van der Waals surface area contributed by atoms with Gasteiger partial charge in [-0.25, -0.2) is 0 Å². The Morgan fingerprint density at radius 1 is 0.969 bits per heavy atom. The predicted molar refractivity (Wildman–Crippen MR) is 142 cm³/mol. The normalized spacial score (nSPS) is 25.3. The highest BCUT2D eigenvalue weighted by molar-refractivity contribution is 7.78. The van der Waals surface area contributed by atoms with Crippen molar-refractivity contribution in [3.8, 4) is 0 Å².